The van der Waals surface area contributed by atoms with Crippen LogP contribution in [-0.4, -0.2) is 24.1 Å². The lowest BCUT2D eigenvalue weighted by molar-refractivity contribution is -0.117. The van der Waals surface area contributed by atoms with E-state index in [0.29, 0.717) is 18.6 Å². The summed E-state index contributed by atoms with van der Waals surface area (Å²) in [5.74, 6) is 0.784. The van der Waals surface area contributed by atoms with E-state index in [9.17, 15) is 4.79 Å². The van der Waals surface area contributed by atoms with Crippen LogP contribution in [0.5, 0.6) is 0 Å². The van der Waals surface area contributed by atoms with Gasteiger partial charge in [-0.05, 0) is 56.7 Å². The molecule has 23 heavy (non-hydrogen) atoms. The molecule has 2 fully saturated rings. The van der Waals surface area contributed by atoms with Crippen molar-refractivity contribution in [2.45, 2.75) is 70.7 Å². The number of carbonyl (C=O) groups is 1. The molecule has 3 unspecified atom stereocenters. The maximum Gasteiger partial charge on any atom is 0.241 e. The highest BCUT2D eigenvalue weighted by Gasteiger charge is 2.38. The largest absolute Gasteiger partial charge is 0.374 e. The minimum Gasteiger partial charge on any atom is -0.374 e. The minimum atomic E-state index is -0.0429. The van der Waals surface area contributed by atoms with Gasteiger partial charge in [0.15, 0.2) is 0 Å². The maximum absolute atomic E-state index is 12.5. The zero-order valence-corrected chi connectivity index (χ0v) is 14.2. The van der Waals surface area contributed by atoms with Crippen LogP contribution in [0.1, 0.15) is 51.5 Å². The first-order chi connectivity index (χ1) is 11.1. The van der Waals surface area contributed by atoms with E-state index in [-0.39, 0.29) is 18.1 Å². The first-order valence-electron chi connectivity index (χ1n) is 8.89. The van der Waals surface area contributed by atoms with Gasteiger partial charge in [-0.2, -0.15) is 0 Å². The first kappa shape index (κ1) is 16.5. The molecule has 0 spiro atoms. The predicted molar refractivity (Wildman–Crippen MR) is 92.3 cm³/mol. The summed E-state index contributed by atoms with van der Waals surface area (Å²) >= 11 is 0. The van der Waals surface area contributed by atoms with Crippen LogP contribution in [0.25, 0.3) is 0 Å². The molecule has 1 saturated carbocycles. The van der Waals surface area contributed by atoms with Crippen LogP contribution >= 0.6 is 0 Å². The van der Waals surface area contributed by atoms with Crippen LogP contribution < -0.4 is 10.6 Å². The van der Waals surface area contributed by atoms with Gasteiger partial charge in [0.2, 0.25) is 5.91 Å². The number of anilines is 1. The minimum absolute atomic E-state index is 0.0429. The third kappa shape index (κ3) is 4.33. The second-order valence-electron chi connectivity index (χ2n) is 7.16. The summed E-state index contributed by atoms with van der Waals surface area (Å²) in [6, 6.07) is 8.45. The average molecular weight is 316 g/mol. The van der Waals surface area contributed by atoms with Gasteiger partial charge in [0.1, 0.15) is 0 Å². The number of benzene rings is 1. The second-order valence-corrected chi connectivity index (χ2v) is 7.16. The molecule has 1 heterocycles. The number of carbonyl (C=O) groups excluding carboxylic acids is 1. The summed E-state index contributed by atoms with van der Waals surface area (Å²) in [5.41, 5.74) is 1.95. The summed E-state index contributed by atoms with van der Waals surface area (Å²) in [6.07, 6.45) is 6.28. The van der Waals surface area contributed by atoms with E-state index in [1.54, 1.807) is 0 Å². The standard InChI is InChI=1S/C19H28N2O2/c1-13(2)23-12-14-6-5-8-16(10-14)20-19(22)18-11-15-7-3-4-9-17(15)21-18/h5-6,8,10,13,15,17-18,21H,3-4,7,9,11-12H2,1-2H3,(H,20,22). The van der Waals surface area contributed by atoms with E-state index in [2.05, 4.69) is 10.6 Å². The lowest BCUT2D eigenvalue weighted by Gasteiger charge is -2.24. The molecule has 2 aliphatic rings. The zero-order valence-electron chi connectivity index (χ0n) is 14.2. The summed E-state index contributed by atoms with van der Waals surface area (Å²) in [6.45, 7) is 4.63. The highest BCUT2D eigenvalue weighted by atomic mass is 16.5. The molecule has 1 amide bonds. The lowest BCUT2D eigenvalue weighted by atomic mass is 9.85. The molecule has 0 aromatic heterocycles. The molecular weight excluding hydrogens is 288 g/mol. The van der Waals surface area contributed by atoms with Gasteiger partial charge in [0.25, 0.3) is 0 Å². The van der Waals surface area contributed by atoms with Gasteiger partial charge >= 0.3 is 0 Å². The Morgan fingerprint density at radius 2 is 2.17 bits per heavy atom. The second kappa shape index (κ2) is 7.45. The summed E-state index contributed by atoms with van der Waals surface area (Å²) in [4.78, 5) is 12.5. The number of nitrogens with one attached hydrogen (secondary N) is 2. The maximum atomic E-state index is 12.5. The topological polar surface area (TPSA) is 50.4 Å². The summed E-state index contributed by atoms with van der Waals surface area (Å²) in [7, 11) is 0. The van der Waals surface area contributed by atoms with Crippen molar-refractivity contribution in [3.8, 4) is 0 Å². The lowest BCUT2D eigenvalue weighted by Crippen LogP contribution is -2.39. The number of hydrogen-bond donors (Lipinski definition) is 2. The Bertz CT molecular complexity index is 530. The molecule has 2 N–H and O–H groups in total. The number of ether oxygens (including phenoxy) is 1. The molecule has 3 rings (SSSR count). The molecule has 0 radical (unpaired) electrons. The van der Waals surface area contributed by atoms with Gasteiger partial charge in [-0.15, -0.1) is 0 Å². The van der Waals surface area contributed by atoms with Crippen LogP contribution in [-0.2, 0) is 16.1 Å². The molecule has 4 heteroatoms. The molecular formula is C19H28N2O2. The van der Waals surface area contributed by atoms with Crippen LogP contribution in [0.4, 0.5) is 5.69 Å². The molecule has 1 aliphatic carbocycles. The van der Waals surface area contributed by atoms with Gasteiger partial charge in [0.05, 0.1) is 18.8 Å². The van der Waals surface area contributed by atoms with E-state index in [1.807, 2.05) is 38.1 Å². The van der Waals surface area contributed by atoms with Crippen molar-refractivity contribution in [2.24, 2.45) is 5.92 Å². The van der Waals surface area contributed by atoms with Gasteiger partial charge in [-0.3, -0.25) is 4.79 Å². The third-order valence-electron chi connectivity index (χ3n) is 4.96. The van der Waals surface area contributed by atoms with Crippen LogP contribution in [0.3, 0.4) is 0 Å². The Morgan fingerprint density at radius 1 is 1.35 bits per heavy atom. The van der Waals surface area contributed by atoms with Gasteiger partial charge in [-0.1, -0.05) is 25.0 Å². The fourth-order valence-corrected chi connectivity index (χ4v) is 3.75. The molecule has 1 saturated heterocycles. The smallest absolute Gasteiger partial charge is 0.241 e. The van der Waals surface area contributed by atoms with Crippen molar-refractivity contribution in [3.05, 3.63) is 29.8 Å². The Morgan fingerprint density at radius 3 is 2.96 bits per heavy atom. The monoisotopic (exact) mass is 316 g/mol. The highest BCUT2D eigenvalue weighted by Crippen LogP contribution is 2.33. The fourth-order valence-electron chi connectivity index (χ4n) is 3.75. The van der Waals surface area contributed by atoms with E-state index in [0.717, 1.165) is 17.7 Å². The molecule has 4 nitrogen and oxygen atoms in total. The number of hydrogen-bond acceptors (Lipinski definition) is 3. The van der Waals surface area contributed by atoms with Crippen molar-refractivity contribution in [1.82, 2.24) is 5.32 Å². The number of rotatable bonds is 5. The normalized spacial score (nSPS) is 27.0. The zero-order chi connectivity index (χ0) is 16.2. The molecule has 126 valence electrons. The van der Waals surface area contributed by atoms with Gasteiger partial charge in [0, 0.05) is 11.7 Å². The average Bonchev–Trinajstić information content (AvgIpc) is 2.97. The quantitative estimate of drug-likeness (QED) is 0.874. The summed E-state index contributed by atoms with van der Waals surface area (Å²) < 4.78 is 5.63. The number of fused-ring (bicyclic) bond motifs is 1. The molecule has 1 aromatic rings. The fraction of sp³-hybridized carbons (Fsp3) is 0.632. The molecule has 0 bridgehead atoms. The van der Waals surface area contributed by atoms with E-state index >= 15 is 0 Å². The molecule has 1 aliphatic heterocycles. The molecule has 1 aromatic carbocycles. The highest BCUT2D eigenvalue weighted by molar-refractivity contribution is 5.95. The molecule has 3 atom stereocenters. The van der Waals surface area contributed by atoms with Crippen LogP contribution in [0, 0.1) is 5.92 Å². The van der Waals surface area contributed by atoms with Crippen LogP contribution in [0.2, 0.25) is 0 Å². The Kier molecular flexibility index (Phi) is 5.34. The van der Waals surface area contributed by atoms with Crippen LogP contribution in [0.15, 0.2) is 24.3 Å². The Labute approximate surface area is 139 Å². The van der Waals surface area contributed by atoms with Crippen molar-refractivity contribution in [2.75, 3.05) is 5.32 Å². The third-order valence-corrected chi connectivity index (χ3v) is 4.96. The van der Waals surface area contributed by atoms with E-state index in [1.165, 1.54) is 25.7 Å². The van der Waals surface area contributed by atoms with Gasteiger partial charge in [-0.25, -0.2) is 0 Å². The van der Waals surface area contributed by atoms with Crippen molar-refractivity contribution in [3.63, 3.8) is 0 Å². The number of amides is 1. The van der Waals surface area contributed by atoms with E-state index < -0.39 is 0 Å². The van der Waals surface area contributed by atoms with Crippen molar-refractivity contribution >= 4 is 11.6 Å². The Hall–Kier alpha value is -1.39. The first-order valence-corrected chi connectivity index (χ1v) is 8.89. The van der Waals surface area contributed by atoms with Crippen molar-refractivity contribution < 1.29 is 9.53 Å². The predicted octanol–water partition coefficient (Wildman–Crippen LogP) is 3.47. The van der Waals surface area contributed by atoms with Crippen molar-refractivity contribution in [1.29, 1.82) is 0 Å². The summed E-state index contributed by atoms with van der Waals surface area (Å²) in [5, 5.41) is 6.60. The SMILES string of the molecule is CC(C)OCc1cccc(NC(=O)C2CC3CCCCC3N2)c1. The Balaban J connectivity index is 1.56. The van der Waals surface area contributed by atoms with Gasteiger partial charge < -0.3 is 15.4 Å². The van der Waals surface area contributed by atoms with E-state index in [4.69, 9.17) is 4.74 Å².